The van der Waals surface area contributed by atoms with Crippen LogP contribution in [0.25, 0.3) is 0 Å². The van der Waals surface area contributed by atoms with Gasteiger partial charge in [-0.25, -0.2) is 0 Å². The molecule has 2 rings (SSSR count). The maximum absolute atomic E-state index is 12.2. The van der Waals surface area contributed by atoms with E-state index in [-0.39, 0.29) is 0 Å². The average Bonchev–Trinajstić information content (AvgIpc) is 2.48. The van der Waals surface area contributed by atoms with Crippen LogP contribution in [0.15, 0.2) is 40.9 Å². The number of hydrogen-bond donors (Lipinski definition) is 2. The quantitative estimate of drug-likeness (QED) is 0.304. The summed E-state index contributed by atoms with van der Waals surface area (Å²) in [6.45, 7) is 0. The molecule has 0 radical (unpaired) electrons. The molecule has 4 nitrogen and oxygen atoms in total. The molecule has 0 aliphatic carbocycles. The van der Waals surface area contributed by atoms with Crippen molar-refractivity contribution in [2.45, 2.75) is 0 Å². The van der Waals surface area contributed by atoms with E-state index in [1.807, 2.05) is 6.07 Å². The number of hydrazine groups is 1. The zero-order valence-electron chi connectivity index (χ0n) is 10.8. The second-order valence-electron chi connectivity index (χ2n) is 4.16. The maximum Gasteiger partial charge on any atom is 0.270 e. The number of halogens is 4. The van der Waals surface area contributed by atoms with Crippen LogP contribution in [0, 0.1) is 7.14 Å². The molecule has 8 heteroatoms. The Bertz CT molecular complexity index is 738. The van der Waals surface area contributed by atoms with Crippen LogP contribution in [-0.4, -0.2) is 11.8 Å². The van der Waals surface area contributed by atoms with E-state index in [0.29, 0.717) is 20.6 Å². The molecule has 0 aliphatic rings. The molecular formula is C14H8BrClI2N2O2. The molecule has 22 heavy (non-hydrogen) atoms. The van der Waals surface area contributed by atoms with Gasteiger partial charge >= 0.3 is 0 Å². The fourth-order valence-electron chi connectivity index (χ4n) is 1.58. The summed E-state index contributed by atoms with van der Waals surface area (Å²) in [6.07, 6.45) is 0. The molecule has 0 saturated heterocycles. The summed E-state index contributed by atoms with van der Waals surface area (Å²) in [6, 6.07) is 10.0. The highest BCUT2D eigenvalue weighted by Gasteiger charge is 2.14. The summed E-state index contributed by atoms with van der Waals surface area (Å²) in [5.41, 5.74) is 5.63. The van der Waals surface area contributed by atoms with E-state index in [0.717, 1.165) is 7.14 Å². The van der Waals surface area contributed by atoms with Crippen LogP contribution < -0.4 is 10.9 Å². The Labute approximate surface area is 167 Å². The van der Waals surface area contributed by atoms with E-state index in [2.05, 4.69) is 72.0 Å². The zero-order chi connectivity index (χ0) is 16.3. The average molecular weight is 605 g/mol. The van der Waals surface area contributed by atoms with Gasteiger partial charge in [0.15, 0.2) is 0 Å². The second kappa shape index (κ2) is 7.93. The zero-order valence-corrected chi connectivity index (χ0v) is 17.4. The third kappa shape index (κ3) is 4.56. The number of nitrogens with one attached hydrogen (secondary N) is 2. The molecule has 0 spiro atoms. The molecule has 0 aromatic heterocycles. The third-order valence-corrected chi connectivity index (χ3v) is 5.95. The lowest BCUT2D eigenvalue weighted by molar-refractivity contribution is 0.0846. The van der Waals surface area contributed by atoms with Crippen molar-refractivity contribution in [1.29, 1.82) is 0 Å². The first-order valence-electron chi connectivity index (χ1n) is 5.89. The molecule has 0 unspecified atom stereocenters. The molecule has 0 aliphatic heterocycles. The van der Waals surface area contributed by atoms with Crippen molar-refractivity contribution >= 4 is 84.5 Å². The van der Waals surface area contributed by atoms with Crippen LogP contribution >= 0.6 is 72.7 Å². The van der Waals surface area contributed by atoms with Crippen LogP contribution in [0.2, 0.25) is 5.02 Å². The SMILES string of the molecule is O=C(NNC(=O)c1cc(I)cc(I)c1Br)c1ccc(Cl)cc1. The number of amides is 2. The van der Waals surface area contributed by atoms with Crippen LogP contribution in [0.1, 0.15) is 20.7 Å². The number of carbonyl (C=O) groups is 2. The van der Waals surface area contributed by atoms with Crippen LogP contribution in [0.4, 0.5) is 0 Å². The smallest absolute Gasteiger partial charge is 0.267 e. The molecule has 2 amide bonds. The molecule has 0 bridgehead atoms. The summed E-state index contributed by atoms with van der Waals surface area (Å²) in [5.74, 6) is -0.813. The highest BCUT2D eigenvalue weighted by atomic mass is 127. The van der Waals surface area contributed by atoms with Gasteiger partial charge < -0.3 is 0 Å². The lowest BCUT2D eigenvalue weighted by Gasteiger charge is -2.10. The maximum atomic E-state index is 12.2. The molecule has 0 fully saturated rings. The van der Waals surface area contributed by atoms with Crippen molar-refractivity contribution in [2.75, 3.05) is 0 Å². The summed E-state index contributed by atoms with van der Waals surface area (Å²) >= 11 is 13.4. The summed E-state index contributed by atoms with van der Waals surface area (Å²) in [7, 11) is 0. The second-order valence-corrected chi connectivity index (χ2v) is 7.80. The largest absolute Gasteiger partial charge is 0.270 e. The summed E-state index contributed by atoms with van der Waals surface area (Å²) < 4.78 is 2.53. The van der Waals surface area contributed by atoms with E-state index < -0.39 is 11.8 Å². The van der Waals surface area contributed by atoms with Crippen LogP contribution in [-0.2, 0) is 0 Å². The first-order chi connectivity index (χ1) is 10.4. The molecule has 114 valence electrons. The number of benzene rings is 2. The fourth-order valence-corrected chi connectivity index (χ4v) is 3.96. The van der Waals surface area contributed by atoms with E-state index in [1.165, 1.54) is 0 Å². The van der Waals surface area contributed by atoms with Gasteiger partial charge in [0.05, 0.1) is 5.56 Å². The fraction of sp³-hybridized carbons (Fsp3) is 0. The molecule has 2 N–H and O–H groups in total. The van der Waals surface area contributed by atoms with Gasteiger partial charge in [-0.15, -0.1) is 0 Å². The van der Waals surface area contributed by atoms with Crippen molar-refractivity contribution in [3.05, 3.63) is 64.2 Å². The monoisotopic (exact) mass is 604 g/mol. The van der Waals surface area contributed by atoms with Gasteiger partial charge in [-0.2, -0.15) is 0 Å². The first kappa shape index (κ1) is 18.0. The van der Waals surface area contributed by atoms with Crippen molar-refractivity contribution in [2.24, 2.45) is 0 Å². The van der Waals surface area contributed by atoms with Gasteiger partial charge in [0.2, 0.25) is 0 Å². The number of rotatable bonds is 2. The lowest BCUT2D eigenvalue weighted by Crippen LogP contribution is -2.41. The van der Waals surface area contributed by atoms with Crippen LogP contribution in [0.5, 0.6) is 0 Å². The van der Waals surface area contributed by atoms with Gasteiger partial charge in [0, 0.05) is 22.2 Å². The Hall–Kier alpha value is -0.390. The predicted molar refractivity (Wildman–Crippen MR) is 106 cm³/mol. The van der Waals surface area contributed by atoms with E-state index in [9.17, 15) is 9.59 Å². The lowest BCUT2D eigenvalue weighted by atomic mass is 10.2. The molecule has 0 heterocycles. The van der Waals surface area contributed by atoms with Gasteiger partial charge in [-0.3, -0.25) is 20.4 Å². The van der Waals surface area contributed by atoms with Gasteiger partial charge in [-0.1, -0.05) is 11.6 Å². The van der Waals surface area contributed by atoms with E-state index >= 15 is 0 Å². The molecular weight excluding hydrogens is 597 g/mol. The van der Waals surface area contributed by atoms with Crippen molar-refractivity contribution in [1.82, 2.24) is 10.9 Å². The van der Waals surface area contributed by atoms with Gasteiger partial charge in [0.1, 0.15) is 0 Å². The van der Waals surface area contributed by atoms with Crippen molar-refractivity contribution in [3.8, 4) is 0 Å². The first-order valence-corrected chi connectivity index (χ1v) is 9.22. The summed E-state index contributed by atoms with van der Waals surface area (Å²) in [4.78, 5) is 24.1. The third-order valence-electron chi connectivity index (χ3n) is 2.63. The Morgan fingerprint density at radius 2 is 1.59 bits per heavy atom. The van der Waals surface area contributed by atoms with E-state index in [1.54, 1.807) is 30.3 Å². The number of hydrogen-bond acceptors (Lipinski definition) is 2. The number of carbonyl (C=O) groups excluding carboxylic acids is 2. The Balaban J connectivity index is 2.07. The standard InChI is InChI=1S/C14H8BrClI2N2O2/c15-12-10(5-9(17)6-11(12)18)14(22)20-19-13(21)7-1-3-8(16)4-2-7/h1-6H,(H,19,21)(H,20,22). The minimum absolute atomic E-state index is 0.398. The molecule has 0 atom stereocenters. The van der Waals surface area contributed by atoms with E-state index in [4.69, 9.17) is 11.6 Å². The minimum Gasteiger partial charge on any atom is -0.267 e. The Morgan fingerprint density at radius 3 is 2.23 bits per heavy atom. The highest BCUT2D eigenvalue weighted by molar-refractivity contribution is 14.1. The molecule has 2 aromatic rings. The normalized spacial score (nSPS) is 10.2. The predicted octanol–water partition coefficient (Wildman–Crippen LogP) is 4.39. The topological polar surface area (TPSA) is 58.2 Å². The van der Waals surface area contributed by atoms with Gasteiger partial charge in [0.25, 0.3) is 11.8 Å². The molecule has 0 saturated carbocycles. The van der Waals surface area contributed by atoms with Crippen molar-refractivity contribution in [3.63, 3.8) is 0 Å². The Kier molecular flexibility index (Phi) is 6.47. The minimum atomic E-state index is -0.415. The molecule has 2 aromatic carbocycles. The van der Waals surface area contributed by atoms with Crippen molar-refractivity contribution < 1.29 is 9.59 Å². The summed E-state index contributed by atoms with van der Waals surface area (Å²) in [5, 5.41) is 0.540. The Morgan fingerprint density at radius 1 is 1.00 bits per heavy atom. The highest BCUT2D eigenvalue weighted by Crippen LogP contribution is 2.26. The van der Waals surface area contributed by atoms with Crippen LogP contribution in [0.3, 0.4) is 0 Å². The van der Waals surface area contributed by atoms with Gasteiger partial charge in [-0.05, 0) is 97.5 Å².